The fourth-order valence-corrected chi connectivity index (χ4v) is 4.87. The SMILES string of the molecule is Cc1cccc(-c2nc(N3CCC(N(C)C)C3)sc2-c2cccc(C)c2)c1. The van der Waals surface area contributed by atoms with Crippen molar-refractivity contribution in [2.24, 2.45) is 0 Å². The molecule has 4 heteroatoms. The molecule has 0 N–H and O–H groups in total. The molecule has 2 heterocycles. The van der Waals surface area contributed by atoms with Crippen molar-refractivity contribution in [3.05, 3.63) is 59.7 Å². The van der Waals surface area contributed by atoms with Crippen LogP contribution in [-0.4, -0.2) is 43.1 Å². The van der Waals surface area contributed by atoms with Gasteiger partial charge in [-0.25, -0.2) is 4.98 Å². The highest BCUT2D eigenvalue weighted by atomic mass is 32.1. The van der Waals surface area contributed by atoms with Gasteiger partial charge in [0.25, 0.3) is 0 Å². The summed E-state index contributed by atoms with van der Waals surface area (Å²) in [6.07, 6.45) is 1.20. The zero-order valence-corrected chi connectivity index (χ0v) is 17.4. The van der Waals surface area contributed by atoms with Crippen molar-refractivity contribution in [1.29, 1.82) is 0 Å². The number of rotatable bonds is 4. The first-order valence-electron chi connectivity index (χ1n) is 9.57. The molecule has 3 nitrogen and oxygen atoms in total. The Labute approximate surface area is 166 Å². The zero-order chi connectivity index (χ0) is 19.0. The summed E-state index contributed by atoms with van der Waals surface area (Å²) < 4.78 is 0. The van der Waals surface area contributed by atoms with E-state index in [9.17, 15) is 0 Å². The molecule has 0 radical (unpaired) electrons. The third kappa shape index (κ3) is 3.78. The van der Waals surface area contributed by atoms with E-state index in [1.54, 1.807) is 0 Å². The highest BCUT2D eigenvalue weighted by molar-refractivity contribution is 7.19. The van der Waals surface area contributed by atoms with Gasteiger partial charge in [-0.1, -0.05) is 64.9 Å². The topological polar surface area (TPSA) is 19.4 Å². The van der Waals surface area contributed by atoms with Gasteiger partial charge in [0.2, 0.25) is 0 Å². The maximum Gasteiger partial charge on any atom is 0.186 e. The van der Waals surface area contributed by atoms with Crippen molar-refractivity contribution >= 4 is 16.5 Å². The highest BCUT2D eigenvalue weighted by Crippen LogP contribution is 2.41. The molecule has 0 spiro atoms. The number of hydrogen-bond acceptors (Lipinski definition) is 4. The lowest BCUT2D eigenvalue weighted by atomic mass is 10.0. The van der Waals surface area contributed by atoms with E-state index in [2.05, 4.69) is 86.3 Å². The van der Waals surface area contributed by atoms with Crippen LogP contribution in [0.1, 0.15) is 17.5 Å². The largest absolute Gasteiger partial charge is 0.346 e. The van der Waals surface area contributed by atoms with Crippen LogP contribution >= 0.6 is 11.3 Å². The van der Waals surface area contributed by atoms with Crippen molar-refractivity contribution in [2.75, 3.05) is 32.1 Å². The van der Waals surface area contributed by atoms with Gasteiger partial charge in [0.05, 0.1) is 10.6 Å². The Kier molecular flexibility index (Phi) is 5.02. The van der Waals surface area contributed by atoms with Crippen LogP contribution < -0.4 is 4.90 Å². The Morgan fingerprint density at radius 3 is 2.30 bits per heavy atom. The standard InChI is InChI=1S/C23H27N3S/c1-16-7-5-9-18(13-16)21-22(19-10-6-8-17(2)14-19)27-23(24-21)26-12-11-20(15-26)25(3)4/h5-10,13-14,20H,11-12,15H2,1-4H3. The lowest BCUT2D eigenvalue weighted by molar-refractivity contribution is 0.315. The zero-order valence-electron chi connectivity index (χ0n) is 16.6. The second kappa shape index (κ2) is 7.45. The van der Waals surface area contributed by atoms with Crippen LogP contribution in [0, 0.1) is 13.8 Å². The van der Waals surface area contributed by atoms with Crippen molar-refractivity contribution < 1.29 is 0 Å². The summed E-state index contributed by atoms with van der Waals surface area (Å²) in [5, 5.41) is 1.15. The average Bonchev–Trinajstić information content (AvgIpc) is 3.29. The third-order valence-corrected chi connectivity index (χ3v) is 6.52. The van der Waals surface area contributed by atoms with E-state index >= 15 is 0 Å². The quantitative estimate of drug-likeness (QED) is 0.620. The lowest BCUT2D eigenvalue weighted by Crippen LogP contribution is -2.31. The molecule has 0 bridgehead atoms. The number of thiazole rings is 1. The minimum absolute atomic E-state index is 0.610. The Bertz CT molecular complexity index is 881. The normalized spacial score (nSPS) is 17.1. The van der Waals surface area contributed by atoms with Crippen LogP contribution in [0.4, 0.5) is 5.13 Å². The molecule has 1 aromatic heterocycles. The second-order valence-corrected chi connectivity index (χ2v) is 8.74. The van der Waals surface area contributed by atoms with Crippen LogP contribution in [0.2, 0.25) is 0 Å². The predicted molar refractivity (Wildman–Crippen MR) is 117 cm³/mol. The Morgan fingerprint density at radius 1 is 1.00 bits per heavy atom. The van der Waals surface area contributed by atoms with Gasteiger partial charge in [-0.3, -0.25) is 0 Å². The molecule has 0 amide bonds. The lowest BCUT2D eigenvalue weighted by Gasteiger charge is -2.19. The van der Waals surface area contributed by atoms with Gasteiger partial charge in [0.1, 0.15) is 0 Å². The number of aryl methyl sites for hydroxylation is 2. The van der Waals surface area contributed by atoms with Gasteiger partial charge in [-0.05, 0) is 46.0 Å². The first-order chi connectivity index (χ1) is 13.0. The average molecular weight is 378 g/mol. The fourth-order valence-electron chi connectivity index (χ4n) is 3.75. The number of likely N-dealkylation sites (N-methyl/N-ethyl adjacent to an activating group) is 1. The first kappa shape index (κ1) is 18.2. The second-order valence-electron chi connectivity index (χ2n) is 7.77. The van der Waals surface area contributed by atoms with E-state index < -0.39 is 0 Å². The maximum absolute atomic E-state index is 5.13. The van der Waals surface area contributed by atoms with Gasteiger partial charge in [0, 0.05) is 24.7 Å². The van der Waals surface area contributed by atoms with Crippen LogP contribution in [0.5, 0.6) is 0 Å². The van der Waals surface area contributed by atoms with Gasteiger partial charge in [-0.15, -0.1) is 0 Å². The van der Waals surface area contributed by atoms with Gasteiger partial charge >= 0.3 is 0 Å². The van der Waals surface area contributed by atoms with E-state index in [1.807, 2.05) is 11.3 Å². The Hall–Kier alpha value is -2.17. The first-order valence-corrected chi connectivity index (χ1v) is 10.4. The number of nitrogens with zero attached hydrogens (tertiary/aromatic N) is 3. The summed E-state index contributed by atoms with van der Waals surface area (Å²) in [6, 6.07) is 18.1. The summed E-state index contributed by atoms with van der Waals surface area (Å²) in [4.78, 5) is 11.2. The Morgan fingerprint density at radius 2 is 1.67 bits per heavy atom. The molecule has 0 saturated carbocycles. The van der Waals surface area contributed by atoms with Gasteiger partial charge in [-0.2, -0.15) is 0 Å². The maximum atomic E-state index is 5.13. The highest BCUT2D eigenvalue weighted by Gasteiger charge is 2.27. The van der Waals surface area contributed by atoms with Gasteiger partial charge in [0.15, 0.2) is 5.13 Å². The number of anilines is 1. The Balaban J connectivity index is 1.78. The van der Waals surface area contributed by atoms with Crippen LogP contribution in [0.3, 0.4) is 0 Å². The van der Waals surface area contributed by atoms with Crippen molar-refractivity contribution in [3.8, 4) is 21.7 Å². The minimum atomic E-state index is 0.610. The van der Waals surface area contributed by atoms with Crippen molar-refractivity contribution in [1.82, 2.24) is 9.88 Å². The van der Waals surface area contributed by atoms with E-state index in [1.165, 1.54) is 33.6 Å². The summed E-state index contributed by atoms with van der Waals surface area (Å²) in [5.41, 5.74) is 6.13. The summed E-state index contributed by atoms with van der Waals surface area (Å²) in [5.74, 6) is 0. The van der Waals surface area contributed by atoms with Crippen molar-refractivity contribution in [3.63, 3.8) is 0 Å². The smallest absolute Gasteiger partial charge is 0.186 e. The summed E-state index contributed by atoms with van der Waals surface area (Å²) in [6.45, 7) is 6.43. The molecular formula is C23H27N3S. The number of benzene rings is 2. The van der Waals surface area contributed by atoms with Crippen LogP contribution in [0.25, 0.3) is 21.7 Å². The summed E-state index contributed by atoms with van der Waals surface area (Å²) >= 11 is 1.83. The minimum Gasteiger partial charge on any atom is -0.346 e. The summed E-state index contributed by atoms with van der Waals surface area (Å²) in [7, 11) is 4.35. The molecule has 140 valence electrons. The molecule has 1 saturated heterocycles. The molecule has 3 aromatic rings. The molecule has 1 atom stereocenters. The number of aromatic nitrogens is 1. The molecule has 2 aromatic carbocycles. The fraction of sp³-hybridized carbons (Fsp3) is 0.348. The monoisotopic (exact) mass is 377 g/mol. The van der Waals surface area contributed by atoms with Crippen LogP contribution in [0.15, 0.2) is 48.5 Å². The predicted octanol–water partition coefficient (Wildman–Crippen LogP) is 5.23. The molecular weight excluding hydrogens is 350 g/mol. The third-order valence-electron chi connectivity index (χ3n) is 5.35. The van der Waals surface area contributed by atoms with Gasteiger partial charge < -0.3 is 9.80 Å². The molecule has 27 heavy (non-hydrogen) atoms. The molecule has 1 unspecified atom stereocenters. The molecule has 4 rings (SSSR count). The van der Waals surface area contributed by atoms with E-state index in [0.717, 1.165) is 23.9 Å². The molecule has 1 fully saturated rings. The van der Waals surface area contributed by atoms with E-state index in [-0.39, 0.29) is 0 Å². The van der Waals surface area contributed by atoms with E-state index in [4.69, 9.17) is 4.98 Å². The molecule has 0 aliphatic carbocycles. The van der Waals surface area contributed by atoms with E-state index in [0.29, 0.717) is 6.04 Å². The molecule has 1 aliphatic rings. The van der Waals surface area contributed by atoms with Crippen LogP contribution in [-0.2, 0) is 0 Å². The van der Waals surface area contributed by atoms with Crippen molar-refractivity contribution in [2.45, 2.75) is 26.3 Å². The number of hydrogen-bond donors (Lipinski definition) is 0. The molecule has 1 aliphatic heterocycles.